The molecule has 0 saturated carbocycles. The van der Waals surface area contributed by atoms with Crippen molar-refractivity contribution < 1.29 is 19.0 Å². The van der Waals surface area contributed by atoms with Crippen LogP contribution in [0.15, 0.2) is 66.7 Å². The summed E-state index contributed by atoms with van der Waals surface area (Å²) < 4.78 is 21.7. The van der Waals surface area contributed by atoms with E-state index in [0.29, 0.717) is 5.56 Å². The first-order valence-corrected chi connectivity index (χ1v) is 11.3. The highest BCUT2D eigenvalue weighted by Crippen LogP contribution is 2.35. The maximum Gasteiger partial charge on any atom is 0.335 e. The van der Waals surface area contributed by atoms with Gasteiger partial charge < -0.3 is 25.0 Å². The predicted molar refractivity (Wildman–Crippen MR) is 132 cm³/mol. The third-order valence-corrected chi connectivity index (χ3v) is 6.51. The molecule has 3 N–H and O–H groups in total. The molecule has 0 spiro atoms. The normalized spacial score (nSPS) is 14.5. The molecule has 3 aromatic carbocycles. The fourth-order valence-corrected chi connectivity index (χ4v) is 4.63. The van der Waals surface area contributed by atoms with E-state index in [1.54, 1.807) is 30.3 Å². The summed E-state index contributed by atoms with van der Waals surface area (Å²) in [6.07, 6.45) is 1.93. The molecule has 0 atom stereocenters. The van der Waals surface area contributed by atoms with Crippen molar-refractivity contribution in [3.8, 4) is 22.7 Å². The Morgan fingerprint density at radius 3 is 2.35 bits per heavy atom. The van der Waals surface area contributed by atoms with Crippen LogP contribution in [0.5, 0.6) is 5.75 Å². The van der Waals surface area contributed by atoms with Crippen molar-refractivity contribution in [1.29, 1.82) is 0 Å². The van der Waals surface area contributed by atoms with E-state index < -0.39 is 11.8 Å². The van der Waals surface area contributed by atoms with E-state index in [-0.39, 0.29) is 17.4 Å². The summed E-state index contributed by atoms with van der Waals surface area (Å²) in [6, 6.07) is 20.2. The number of benzene rings is 3. The van der Waals surface area contributed by atoms with Gasteiger partial charge in [-0.15, -0.1) is 0 Å². The van der Waals surface area contributed by atoms with Gasteiger partial charge >= 0.3 is 5.97 Å². The van der Waals surface area contributed by atoms with Crippen molar-refractivity contribution in [2.24, 2.45) is 5.73 Å². The number of halogens is 1. The first-order chi connectivity index (χ1) is 16.4. The van der Waals surface area contributed by atoms with Gasteiger partial charge in [0, 0.05) is 41.5 Å². The van der Waals surface area contributed by atoms with Gasteiger partial charge in [-0.1, -0.05) is 0 Å². The van der Waals surface area contributed by atoms with Crippen molar-refractivity contribution in [3.05, 3.63) is 78.1 Å². The van der Waals surface area contributed by atoms with E-state index in [0.717, 1.165) is 53.9 Å². The van der Waals surface area contributed by atoms with Gasteiger partial charge in [-0.3, -0.25) is 0 Å². The molecule has 2 heterocycles. The second-order valence-electron chi connectivity index (χ2n) is 8.63. The van der Waals surface area contributed by atoms with Gasteiger partial charge in [0.05, 0.1) is 23.9 Å². The maximum absolute atomic E-state index is 14.6. The molecule has 6 nitrogen and oxygen atoms in total. The zero-order valence-electron chi connectivity index (χ0n) is 18.9. The number of hydrogen-bond donors (Lipinski definition) is 2. The number of carboxylic acids is 1. The van der Waals surface area contributed by atoms with Gasteiger partial charge in [-0.2, -0.15) is 0 Å². The Kier molecular flexibility index (Phi) is 5.71. The van der Waals surface area contributed by atoms with Crippen LogP contribution in [0.4, 0.5) is 10.1 Å². The minimum absolute atomic E-state index is 0.183. The summed E-state index contributed by atoms with van der Waals surface area (Å²) in [5.74, 6) is -1.24. The Bertz CT molecular complexity index is 1360. The molecule has 1 saturated heterocycles. The summed E-state index contributed by atoms with van der Waals surface area (Å²) in [4.78, 5) is 13.7. The lowest BCUT2D eigenvalue weighted by molar-refractivity contribution is 0.0697. The smallest absolute Gasteiger partial charge is 0.335 e. The molecule has 1 aromatic heterocycles. The third-order valence-electron chi connectivity index (χ3n) is 6.51. The molecule has 1 aliphatic heterocycles. The van der Waals surface area contributed by atoms with E-state index in [1.807, 2.05) is 16.7 Å². The summed E-state index contributed by atoms with van der Waals surface area (Å²) in [7, 11) is 1.44. The Balaban J connectivity index is 1.65. The minimum Gasteiger partial charge on any atom is -0.494 e. The zero-order chi connectivity index (χ0) is 23.8. The zero-order valence-corrected chi connectivity index (χ0v) is 18.9. The van der Waals surface area contributed by atoms with Crippen LogP contribution in [0.25, 0.3) is 27.8 Å². The van der Waals surface area contributed by atoms with Crippen molar-refractivity contribution >= 4 is 22.6 Å². The molecule has 0 unspecified atom stereocenters. The Hall–Kier alpha value is -3.84. The van der Waals surface area contributed by atoms with Crippen LogP contribution >= 0.6 is 0 Å². The number of aromatic carboxylic acids is 1. The second-order valence-corrected chi connectivity index (χ2v) is 8.63. The fourth-order valence-electron chi connectivity index (χ4n) is 4.63. The van der Waals surface area contributed by atoms with Crippen molar-refractivity contribution in [3.63, 3.8) is 0 Å². The monoisotopic (exact) mass is 459 g/mol. The van der Waals surface area contributed by atoms with Gasteiger partial charge in [0.25, 0.3) is 0 Å². The molecular formula is C27H26FN3O3. The van der Waals surface area contributed by atoms with Crippen LogP contribution in [0.3, 0.4) is 0 Å². The first kappa shape index (κ1) is 22.0. The Labute approximate surface area is 197 Å². The van der Waals surface area contributed by atoms with Crippen LogP contribution in [0.1, 0.15) is 23.2 Å². The largest absolute Gasteiger partial charge is 0.494 e. The number of methoxy groups -OCH3 is 1. The Morgan fingerprint density at radius 1 is 1.00 bits per heavy atom. The number of hydrogen-bond acceptors (Lipinski definition) is 4. The van der Waals surface area contributed by atoms with E-state index >= 15 is 0 Å². The lowest BCUT2D eigenvalue weighted by Gasteiger charge is -2.32. The number of piperidine rings is 1. The first-order valence-electron chi connectivity index (χ1n) is 11.3. The van der Waals surface area contributed by atoms with E-state index in [4.69, 9.17) is 10.5 Å². The molecule has 0 radical (unpaired) electrons. The molecule has 7 heteroatoms. The Morgan fingerprint density at radius 2 is 1.71 bits per heavy atom. The SMILES string of the molecule is COc1ccc(-c2cc3cc(N4CCC(N)CC4)ccc3n2-c2ccc(C(=O)O)cc2)cc1F. The van der Waals surface area contributed by atoms with Crippen LogP contribution in [-0.4, -0.2) is 41.9 Å². The molecule has 4 aromatic rings. The number of aromatic nitrogens is 1. The molecular weight excluding hydrogens is 433 g/mol. The van der Waals surface area contributed by atoms with Crippen molar-refractivity contribution in [2.75, 3.05) is 25.1 Å². The fraction of sp³-hybridized carbons (Fsp3) is 0.222. The highest BCUT2D eigenvalue weighted by atomic mass is 19.1. The average molecular weight is 460 g/mol. The van der Waals surface area contributed by atoms with E-state index in [9.17, 15) is 14.3 Å². The summed E-state index contributed by atoms with van der Waals surface area (Å²) in [5.41, 5.74) is 10.7. The number of fused-ring (bicyclic) bond motifs is 1. The molecule has 0 bridgehead atoms. The standard InChI is InChI=1S/C27H26FN3O3/c1-34-26-9-4-18(15-23(26)28)25-16-19-14-22(30-12-10-20(29)11-13-30)7-8-24(19)31(25)21-5-2-17(3-6-21)27(32)33/h2-9,14-16,20H,10-13,29H2,1H3,(H,32,33). The molecule has 1 fully saturated rings. The lowest BCUT2D eigenvalue weighted by Crippen LogP contribution is -2.39. The van der Waals surface area contributed by atoms with Crippen molar-refractivity contribution in [2.45, 2.75) is 18.9 Å². The number of rotatable bonds is 5. The van der Waals surface area contributed by atoms with Crippen molar-refractivity contribution in [1.82, 2.24) is 4.57 Å². The second kappa shape index (κ2) is 8.83. The summed E-state index contributed by atoms with van der Waals surface area (Å²) >= 11 is 0. The third kappa shape index (κ3) is 3.99. The average Bonchev–Trinajstić information content (AvgIpc) is 3.23. The minimum atomic E-state index is -0.979. The topological polar surface area (TPSA) is 80.7 Å². The van der Waals surface area contributed by atoms with Crippen LogP contribution in [0.2, 0.25) is 0 Å². The van der Waals surface area contributed by atoms with Crippen LogP contribution < -0.4 is 15.4 Å². The van der Waals surface area contributed by atoms with E-state index in [1.165, 1.54) is 13.2 Å². The molecule has 5 rings (SSSR count). The lowest BCUT2D eigenvalue weighted by atomic mass is 10.1. The van der Waals surface area contributed by atoms with Crippen LogP contribution in [-0.2, 0) is 0 Å². The molecule has 1 aliphatic rings. The highest BCUT2D eigenvalue weighted by Gasteiger charge is 2.19. The maximum atomic E-state index is 14.6. The van der Waals surface area contributed by atoms with Gasteiger partial charge in [-0.05, 0) is 79.6 Å². The van der Waals surface area contributed by atoms with Gasteiger partial charge in [0.15, 0.2) is 11.6 Å². The van der Waals surface area contributed by atoms with Gasteiger partial charge in [0.2, 0.25) is 0 Å². The number of carbonyl (C=O) groups is 1. The number of nitrogens with zero attached hydrogens (tertiary/aromatic N) is 2. The number of anilines is 1. The number of nitrogens with two attached hydrogens (primary N) is 1. The summed E-state index contributed by atoms with van der Waals surface area (Å²) in [6.45, 7) is 1.83. The highest BCUT2D eigenvalue weighted by molar-refractivity contribution is 5.92. The number of ether oxygens (including phenoxy) is 1. The molecule has 0 aliphatic carbocycles. The number of carboxylic acid groups (broad SMARTS) is 1. The van der Waals surface area contributed by atoms with Gasteiger partial charge in [-0.25, -0.2) is 9.18 Å². The van der Waals surface area contributed by atoms with Gasteiger partial charge in [0.1, 0.15) is 0 Å². The summed E-state index contributed by atoms with van der Waals surface area (Å²) in [5, 5.41) is 10.3. The quantitative estimate of drug-likeness (QED) is 0.436. The molecule has 174 valence electrons. The molecule has 34 heavy (non-hydrogen) atoms. The molecule has 0 amide bonds. The predicted octanol–water partition coefficient (Wildman–Crippen LogP) is 5.07. The van der Waals surface area contributed by atoms with Crippen LogP contribution in [0, 0.1) is 5.82 Å². The van der Waals surface area contributed by atoms with E-state index in [2.05, 4.69) is 23.1 Å².